The van der Waals surface area contributed by atoms with Crippen LogP contribution in [0.5, 0.6) is 0 Å². The molecule has 2 amide bonds. The molecular formula is C19H26N2O2. The van der Waals surface area contributed by atoms with Gasteiger partial charge in [0.25, 0.3) is 0 Å². The Morgan fingerprint density at radius 1 is 1.17 bits per heavy atom. The normalized spacial score (nSPS) is 18.3. The van der Waals surface area contributed by atoms with E-state index in [0.717, 1.165) is 12.8 Å². The topological polar surface area (TPSA) is 40.6 Å². The number of benzene rings is 1. The van der Waals surface area contributed by atoms with Gasteiger partial charge in [0.1, 0.15) is 6.04 Å². The number of hydrogen-bond acceptors (Lipinski definition) is 2. The predicted octanol–water partition coefficient (Wildman–Crippen LogP) is 2.64. The van der Waals surface area contributed by atoms with Gasteiger partial charge in [0, 0.05) is 13.1 Å². The molecule has 2 rings (SSSR count). The van der Waals surface area contributed by atoms with Crippen LogP contribution in [0.3, 0.4) is 0 Å². The second-order valence-corrected chi connectivity index (χ2v) is 6.33. The average Bonchev–Trinajstić information content (AvgIpc) is 2.53. The van der Waals surface area contributed by atoms with E-state index >= 15 is 0 Å². The number of nitrogens with zero attached hydrogens (tertiary/aromatic N) is 2. The second-order valence-electron chi connectivity index (χ2n) is 6.33. The Balaban J connectivity index is 1.92. The minimum Gasteiger partial charge on any atom is -0.331 e. The van der Waals surface area contributed by atoms with Crippen molar-refractivity contribution in [2.24, 2.45) is 0 Å². The van der Waals surface area contributed by atoms with Gasteiger partial charge in [0.15, 0.2) is 0 Å². The third-order valence-electron chi connectivity index (χ3n) is 4.22. The lowest BCUT2D eigenvalue weighted by molar-refractivity contribution is -0.154. The minimum absolute atomic E-state index is 0.0484. The van der Waals surface area contributed by atoms with E-state index < -0.39 is 0 Å². The number of hydrogen-bond donors (Lipinski definition) is 0. The van der Waals surface area contributed by atoms with Gasteiger partial charge in [-0.2, -0.15) is 0 Å². The molecule has 0 unspecified atom stereocenters. The summed E-state index contributed by atoms with van der Waals surface area (Å²) in [4.78, 5) is 28.3. The molecule has 1 aliphatic heterocycles. The zero-order valence-corrected chi connectivity index (χ0v) is 14.3. The third-order valence-corrected chi connectivity index (χ3v) is 4.22. The third kappa shape index (κ3) is 4.68. The van der Waals surface area contributed by atoms with Gasteiger partial charge >= 0.3 is 0 Å². The zero-order chi connectivity index (χ0) is 16.8. The van der Waals surface area contributed by atoms with E-state index in [1.54, 1.807) is 9.80 Å². The summed E-state index contributed by atoms with van der Waals surface area (Å²) in [5.41, 5.74) is 2.42. The van der Waals surface area contributed by atoms with Crippen LogP contribution in [0.1, 0.15) is 32.8 Å². The van der Waals surface area contributed by atoms with E-state index in [9.17, 15) is 9.59 Å². The molecule has 0 spiro atoms. The van der Waals surface area contributed by atoms with Gasteiger partial charge in [-0.3, -0.25) is 9.59 Å². The highest BCUT2D eigenvalue weighted by molar-refractivity contribution is 5.94. The summed E-state index contributed by atoms with van der Waals surface area (Å²) in [6.07, 6.45) is 3.69. The molecule has 0 aromatic heterocycles. The lowest BCUT2D eigenvalue weighted by Crippen LogP contribution is -2.59. The van der Waals surface area contributed by atoms with Gasteiger partial charge in [0.2, 0.25) is 11.8 Å². The van der Waals surface area contributed by atoms with Gasteiger partial charge in [-0.15, -0.1) is 0 Å². The Bertz CT molecular complexity index is 576. The molecule has 1 aliphatic rings. The monoisotopic (exact) mass is 314 g/mol. The van der Waals surface area contributed by atoms with Crippen LogP contribution in [0, 0.1) is 0 Å². The first-order valence-corrected chi connectivity index (χ1v) is 8.24. The Morgan fingerprint density at radius 2 is 1.87 bits per heavy atom. The Labute approximate surface area is 138 Å². The van der Waals surface area contributed by atoms with Crippen molar-refractivity contribution in [3.8, 4) is 0 Å². The fraction of sp³-hybridized carbons (Fsp3) is 0.474. The number of carbonyl (C=O) groups excluding carboxylic acids is 2. The van der Waals surface area contributed by atoms with Crippen molar-refractivity contribution in [2.75, 3.05) is 19.6 Å². The molecule has 4 heteroatoms. The molecule has 124 valence electrons. The molecule has 1 aromatic rings. The fourth-order valence-electron chi connectivity index (χ4n) is 2.85. The van der Waals surface area contributed by atoms with Crippen LogP contribution in [-0.4, -0.2) is 47.3 Å². The van der Waals surface area contributed by atoms with Crippen molar-refractivity contribution in [1.82, 2.24) is 9.80 Å². The van der Waals surface area contributed by atoms with E-state index in [0.29, 0.717) is 13.1 Å². The van der Waals surface area contributed by atoms with Crippen molar-refractivity contribution in [3.63, 3.8) is 0 Å². The molecule has 0 radical (unpaired) electrons. The molecule has 0 aliphatic carbocycles. The number of amides is 2. The van der Waals surface area contributed by atoms with Gasteiger partial charge in [-0.05, 0) is 39.2 Å². The summed E-state index contributed by atoms with van der Waals surface area (Å²) in [6, 6.07) is 9.69. The summed E-state index contributed by atoms with van der Waals surface area (Å²) in [7, 11) is 0. The minimum atomic E-state index is -0.363. The van der Waals surface area contributed by atoms with Crippen LogP contribution in [-0.2, 0) is 16.0 Å². The van der Waals surface area contributed by atoms with Crippen molar-refractivity contribution in [1.29, 1.82) is 0 Å². The number of piperazine rings is 1. The lowest BCUT2D eigenvalue weighted by atomic mass is 10.1. The number of allylic oxidation sites excluding steroid dienone is 1. The van der Waals surface area contributed by atoms with Crippen LogP contribution in [0.25, 0.3) is 0 Å². The molecule has 1 saturated heterocycles. The second kappa shape index (κ2) is 7.95. The molecule has 0 saturated carbocycles. The van der Waals surface area contributed by atoms with Gasteiger partial charge in [-0.1, -0.05) is 42.0 Å². The lowest BCUT2D eigenvalue weighted by Gasteiger charge is -2.38. The highest BCUT2D eigenvalue weighted by Gasteiger charge is 2.35. The number of rotatable bonds is 6. The van der Waals surface area contributed by atoms with Crippen molar-refractivity contribution >= 4 is 11.8 Å². The maximum Gasteiger partial charge on any atom is 0.245 e. The van der Waals surface area contributed by atoms with Crippen molar-refractivity contribution < 1.29 is 9.59 Å². The standard InChI is InChI=1S/C19H26N2O2/c1-15(2)8-7-12-21-16(3)19(23)20(14-18(21)22)13-11-17-9-5-4-6-10-17/h4-6,8-10,16H,7,11-14H2,1-3H3/t16-/m0/s1. The Morgan fingerprint density at radius 3 is 2.52 bits per heavy atom. The summed E-state index contributed by atoms with van der Waals surface area (Å²) in [5, 5.41) is 0. The van der Waals surface area contributed by atoms with E-state index in [-0.39, 0.29) is 24.4 Å². The van der Waals surface area contributed by atoms with E-state index in [1.807, 2.05) is 51.1 Å². The predicted molar refractivity (Wildman–Crippen MR) is 91.9 cm³/mol. The van der Waals surface area contributed by atoms with E-state index in [1.165, 1.54) is 11.1 Å². The molecule has 0 N–H and O–H groups in total. The summed E-state index contributed by atoms with van der Waals surface area (Å²) >= 11 is 0. The van der Waals surface area contributed by atoms with Crippen LogP contribution in [0.15, 0.2) is 42.0 Å². The first kappa shape index (κ1) is 17.3. The molecule has 4 nitrogen and oxygen atoms in total. The SMILES string of the molecule is CC(C)=CCCN1C(=O)CN(CCc2ccccc2)C(=O)[C@@H]1C. The van der Waals surface area contributed by atoms with Crippen molar-refractivity contribution in [2.45, 2.75) is 39.7 Å². The molecule has 0 bridgehead atoms. The summed E-state index contributed by atoms with van der Waals surface area (Å²) in [6.45, 7) is 7.32. The molecular weight excluding hydrogens is 288 g/mol. The fourth-order valence-corrected chi connectivity index (χ4v) is 2.85. The van der Waals surface area contributed by atoms with Crippen LogP contribution >= 0.6 is 0 Å². The molecule has 1 heterocycles. The summed E-state index contributed by atoms with van der Waals surface area (Å²) in [5.74, 6) is 0.102. The Kier molecular flexibility index (Phi) is 5.97. The zero-order valence-electron chi connectivity index (χ0n) is 14.3. The highest BCUT2D eigenvalue weighted by atomic mass is 16.2. The van der Waals surface area contributed by atoms with Crippen LogP contribution in [0.4, 0.5) is 0 Å². The van der Waals surface area contributed by atoms with Gasteiger partial charge in [-0.25, -0.2) is 0 Å². The molecule has 1 fully saturated rings. The number of carbonyl (C=O) groups is 2. The maximum atomic E-state index is 12.5. The summed E-state index contributed by atoms with van der Waals surface area (Å²) < 4.78 is 0. The largest absolute Gasteiger partial charge is 0.331 e. The first-order valence-electron chi connectivity index (χ1n) is 8.24. The molecule has 1 atom stereocenters. The first-order chi connectivity index (χ1) is 11.0. The van der Waals surface area contributed by atoms with E-state index in [2.05, 4.69) is 6.08 Å². The van der Waals surface area contributed by atoms with Crippen molar-refractivity contribution in [3.05, 3.63) is 47.5 Å². The quantitative estimate of drug-likeness (QED) is 0.757. The van der Waals surface area contributed by atoms with Crippen LogP contribution < -0.4 is 0 Å². The van der Waals surface area contributed by atoms with Gasteiger partial charge in [0.05, 0.1) is 6.54 Å². The molecule has 23 heavy (non-hydrogen) atoms. The Hall–Kier alpha value is -2.10. The average molecular weight is 314 g/mol. The van der Waals surface area contributed by atoms with Gasteiger partial charge < -0.3 is 9.80 Å². The smallest absolute Gasteiger partial charge is 0.245 e. The van der Waals surface area contributed by atoms with Crippen LogP contribution in [0.2, 0.25) is 0 Å². The maximum absolute atomic E-state index is 12.5. The molecule has 1 aromatic carbocycles. The van der Waals surface area contributed by atoms with E-state index in [4.69, 9.17) is 0 Å². The highest BCUT2D eigenvalue weighted by Crippen LogP contribution is 2.14.